The van der Waals surface area contributed by atoms with Crippen LogP contribution >= 0.6 is 0 Å². The molecule has 0 amide bonds. The number of hydrogen-bond acceptors (Lipinski definition) is 13. The molecule has 5 aliphatic rings. The predicted molar refractivity (Wildman–Crippen MR) is 307 cm³/mol. The van der Waals surface area contributed by atoms with Crippen molar-refractivity contribution >= 4 is 11.9 Å². The number of aromatic nitrogens is 3. The third-order valence-corrected chi connectivity index (χ3v) is 16.7. The van der Waals surface area contributed by atoms with Crippen LogP contribution in [0.1, 0.15) is 219 Å². The Hall–Kier alpha value is -1.71. The highest BCUT2D eigenvalue weighted by molar-refractivity contribution is 5.41. The van der Waals surface area contributed by atoms with Crippen LogP contribution in [0.15, 0.2) is 0 Å². The average molecular weight is 1010 g/mol. The molecule has 4 N–H and O–H groups in total. The highest BCUT2D eigenvalue weighted by Crippen LogP contribution is 2.36. The van der Waals surface area contributed by atoms with E-state index >= 15 is 0 Å². The maximum atomic E-state index is 5.59. The van der Waals surface area contributed by atoms with Crippen LogP contribution in [0.3, 0.4) is 0 Å². The highest BCUT2D eigenvalue weighted by Gasteiger charge is 2.43. The first kappa shape index (κ1) is 61.1. The molecule has 72 heavy (non-hydrogen) atoms. The van der Waals surface area contributed by atoms with Gasteiger partial charge in [0.15, 0.2) is 0 Å². The van der Waals surface area contributed by atoms with Gasteiger partial charge in [0.2, 0.25) is 11.9 Å². The fourth-order valence-electron chi connectivity index (χ4n) is 14.8. The summed E-state index contributed by atoms with van der Waals surface area (Å²) in [5.74, 6) is 2.44. The van der Waals surface area contributed by atoms with E-state index in [0.29, 0.717) is 24.2 Å². The zero-order valence-electron chi connectivity index (χ0n) is 50.8. The fourth-order valence-corrected chi connectivity index (χ4v) is 14.8. The molecule has 0 aromatic carbocycles. The van der Waals surface area contributed by atoms with E-state index in [-0.39, 0.29) is 44.3 Å². The first-order valence-electron chi connectivity index (χ1n) is 29.2. The molecule has 5 fully saturated rings. The first-order valence-corrected chi connectivity index (χ1v) is 29.2. The molecule has 0 radical (unpaired) electrons. The zero-order chi connectivity index (χ0) is 53.6. The molecule has 418 valence electrons. The standard InChI is InChI=1S/C33H62N8O.C26H54N4/c1-25-34-28(40-17-19-42-20-18-40)36-29(35-25)41(27-23-32(6,7)38-33(8,9)24-27)16-14-12-11-13-15-39(10)26-21-30(2,3)37-31(4,5)22-26;1-23(2)17-21(18-24(3,4)27-23)29(9)15-13-11-12-14-16-30(10)22-19-25(5,6)28-26(7,8)20-22/h26-27,37-38H,11-24H2,1-10H3;21-22,27-28H,11-20H2,1-10H3. The minimum atomic E-state index is 0.0577. The van der Waals surface area contributed by atoms with E-state index in [4.69, 9.17) is 19.7 Å². The van der Waals surface area contributed by atoms with Crippen molar-refractivity contribution in [1.29, 1.82) is 0 Å². The van der Waals surface area contributed by atoms with Gasteiger partial charge in [-0.2, -0.15) is 15.0 Å². The van der Waals surface area contributed by atoms with Crippen LogP contribution < -0.4 is 31.1 Å². The number of rotatable bonds is 20. The Labute approximate surface area is 444 Å². The van der Waals surface area contributed by atoms with Crippen LogP contribution in [-0.4, -0.2) is 172 Å². The summed E-state index contributed by atoms with van der Waals surface area (Å²) in [4.78, 5) is 27.4. The molecule has 1 aromatic rings. The van der Waals surface area contributed by atoms with Gasteiger partial charge in [0.05, 0.1) is 13.2 Å². The van der Waals surface area contributed by atoms with Crippen molar-refractivity contribution in [1.82, 2.24) is 50.9 Å². The number of unbranched alkanes of at least 4 members (excludes halogenated alkanes) is 6. The maximum Gasteiger partial charge on any atom is 0.230 e. The highest BCUT2D eigenvalue weighted by atomic mass is 16.5. The summed E-state index contributed by atoms with van der Waals surface area (Å²) in [5.41, 5.74) is 1.45. The molecule has 13 nitrogen and oxygen atoms in total. The lowest BCUT2D eigenvalue weighted by Crippen LogP contribution is -2.62. The van der Waals surface area contributed by atoms with Crippen LogP contribution in [0.2, 0.25) is 0 Å². The summed E-state index contributed by atoms with van der Waals surface area (Å²) in [7, 11) is 7.02. The van der Waals surface area contributed by atoms with E-state index < -0.39 is 0 Å². The van der Waals surface area contributed by atoms with Crippen molar-refractivity contribution < 1.29 is 4.74 Å². The Kier molecular flexibility index (Phi) is 21.0. The average Bonchev–Trinajstić information content (AvgIpc) is 3.20. The summed E-state index contributed by atoms with van der Waals surface area (Å²) in [6, 6.07) is 2.43. The van der Waals surface area contributed by atoms with Crippen LogP contribution in [0.4, 0.5) is 11.9 Å². The first-order chi connectivity index (χ1) is 33.1. The number of nitrogens with one attached hydrogen (secondary N) is 4. The predicted octanol–water partition coefficient (Wildman–Crippen LogP) is 9.96. The molecule has 0 atom stereocenters. The van der Waals surface area contributed by atoms with Gasteiger partial charge >= 0.3 is 0 Å². The molecule has 0 bridgehead atoms. The van der Waals surface area contributed by atoms with Crippen LogP contribution in [0, 0.1) is 6.92 Å². The van der Waals surface area contributed by atoms with Gasteiger partial charge in [0.25, 0.3) is 0 Å². The van der Waals surface area contributed by atoms with E-state index in [1.165, 1.54) is 103 Å². The molecule has 1 aromatic heterocycles. The van der Waals surface area contributed by atoms with Gasteiger partial charge in [-0.25, -0.2) is 0 Å². The summed E-state index contributed by atoms with van der Waals surface area (Å²) < 4.78 is 5.59. The van der Waals surface area contributed by atoms with Gasteiger partial charge in [-0.1, -0.05) is 25.7 Å². The minimum Gasteiger partial charge on any atom is -0.378 e. The second-order valence-corrected chi connectivity index (χ2v) is 29.4. The number of aryl methyl sites for hydroxylation is 1. The molecular weight excluding hydrogens is 893 g/mol. The molecule has 5 aliphatic heterocycles. The van der Waals surface area contributed by atoms with Gasteiger partial charge in [-0.15, -0.1) is 0 Å². The Bertz CT molecular complexity index is 1690. The molecule has 13 heteroatoms. The van der Waals surface area contributed by atoms with Crippen molar-refractivity contribution in [2.24, 2.45) is 0 Å². The third-order valence-electron chi connectivity index (χ3n) is 16.7. The van der Waals surface area contributed by atoms with E-state index in [1.807, 2.05) is 6.92 Å². The van der Waals surface area contributed by atoms with E-state index in [2.05, 4.69) is 178 Å². The van der Waals surface area contributed by atoms with E-state index in [9.17, 15) is 0 Å². The number of nitrogens with zero attached hydrogens (tertiary/aromatic N) is 8. The summed E-state index contributed by atoms with van der Waals surface area (Å²) in [6.45, 7) is 47.3. The monoisotopic (exact) mass is 1010 g/mol. The number of morpholine rings is 1. The topological polar surface area (TPSA) is 112 Å². The molecule has 6 heterocycles. The molecule has 5 saturated heterocycles. The molecular formula is C59H116N12O. The molecule has 0 unspecified atom stereocenters. The molecule has 6 rings (SSSR count). The Morgan fingerprint density at radius 3 is 1.03 bits per heavy atom. The van der Waals surface area contributed by atoms with Gasteiger partial charge in [0, 0.05) is 88.1 Å². The SMILES string of the molecule is CN(CCCCCCN(C)C1CC(C)(C)NC(C)(C)C1)C1CC(C)(C)NC(C)(C)C1.Cc1nc(N2CCOCC2)nc(N(CCCCCCN(C)C2CC(C)(C)NC(C)(C)C2)C2CC(C)(C)NC(C)(C)C2)n1. The molecule has 0 saturated carbocycles. The van der Waals surface area contributed by atoms with Gasteiger partial charge in [0.1, 0.15) is 5.82 Å². The Morgan fingerprint density at radius 2 is 0.708 bits per heavy atom. The van der Waals surface area contributed by atoms with Crippen molar-refractivity contribution in [2.75, 3.05) is 83.4 Å². The zero-order valence-corrected chi connectivity index (χ0v) is 50.8. The lowest BCUT2D eigenvalue weighted by molar-refractivity contribution is 0.0782. The van der Waals surface area contributed by atoms with Crippen molar-refractivity contribution in [3.63, 3.8) is 0 Å². The Balaban J connectivity index is 0.000000283. The Morgan fingerprint density at radius 1 is 0.417 bits per heavy atom. The number of hydrogen-bond donors (Lipinski definition) is 4. The summed E-state index contributed by atoms with van der Waals surface area (Å²) in [6.07, 6.45) is 19.8. The second kappa shape index (κ2) is 24.7. The van der Waals surface area contributed by atoms with Gasteiger partial charge < -0.3 is 50.5 Å². The van der Waals surface area contributed by atoms with Crippen molar-refractivity contribution in [3.05, 3.63) is 5.82 Å². The van der Waals surface area contributed by atoms with Gasteiger partial charge in [-0.3, -0.25) is 0 Å². The lowest BCUT2D eigenvalue weighted by atomic mass is 9.79. The minimum absolute atomic E-state index is 0.0577. The van der Waals surface area contributed by atoms with E-state index in [1.54, 1.807) is 0 Å². The van der Waals surface area contributed by atoms with Crippen molar-refractivity contribution in [3.8, 4) is 0 Å². The second-order valence-electron chi connectivity index (χ2n) is 29.4. The maximum absolute atomic E-state index is 5.59. The number of ether oxygens (including phenoxy) is 1. The quantitative estimate of drug-likeness (QED) is 0.0932. The smallest absolute Gasteiger partial charge is 0.230 e. The largest absolute Gasteiger partial charge is 0.378 e. The molecule has 0 spiro atoms. The van der Waals surface area contributed by atoms with Crippen LogP contribution in [0.25, 0.3) is 0 Å². The number of piperidine rings is 4. The normalized spacial score (nSPS) is 25.1. The van der Waals surface area contributed by atoms with Crippen LogP contribution in [-0.2, 0) is 4.74 Å². The van der Waals surface area contributed by atoms with E-state index in [0.717, 1.165) is 69.8 Å². The lowest BCUT2D eigenvalue weighted by Gasteiger charge is -2.49. The van der Waals surface area contributed by atoms with Crippen molar-refractivity contribution in [2.45, 2.75) is 289 Å². The summed E-state index contributed by atoms with van der Waals surface area (Å²) in [5, 5.41) is 15.3. The molecule has 0 aliphatic carbocycles. The van der Waals surface area contributed by atoms with Gasteiger partial charge in [-0.05, 0) is 236 Å². The summed E-state index contributed by atoms with van der Waals surface area (Å²) >= 11 is 0. The fraction of sp³-hybridized carbons (Fsp3) is 0.949. The third kappa shape index (κ3) is 20.0. The van der Waals surface area contributed by atoms with Crippen LogP contribution in [0.5, 0.6) is 0 Å². The number of anilines is 2.